The van der Waals surface area contributed by atoms with Crippen LogP contribution in [0.5, 0.6) is 11.6 Å². The van der Waals surface area contributed by atoms with Crippen molar-refractivity contribution >= 4 is 27.5 Å². The van der Waals surface area contributed by atoms with Gasteiger partial charge in [-0.2, -0.15) is 0 Å². The molecule has 19 heavy (non-hydrogen) atoms. The number of carbonyl (C=O) groups is 1. The minimum absolute atomic E-state index is 0.0639. The molecule has 0 aliphatic heterocycles. The van der Waals surface area contributed by atoms with Gasteiger partial charge in [0.25, 0.3) is 0 Å². The summed E-state index contributed by atoms with van der Waals surface area (Å²) < 4.78 is 6.38. The zero-order valence-corrected chi connectivity index (χ0v) is 10.3. The number of fused-ring (bicyclic) bond motifs is 1. The quantitative estimate of drug-likeness (QED) is 0.789. The van der Waals surface area contributed by atoms with Crippen molar-refractivity contribution in [3.05, 3.63) is 41.8 Å². The molecule has 3 heterocycles. The summed E-state index contributed by atoms with van der Waals surface area (Å²) in [6.07, 6.45) is 4.10. The largest absolute Gasteiger partial charge is 0.478 e. The molecule has 3 rings (SSSR count). The van der Waals surface area contributed by atoms with Gasteiger partial charge in [0.15, 0.2) is 0 Å². The van der Waals surface area contributed by atoms with Crippen molar-refractivity contribution in [3.8, 4) is 11.6 Å². The lowest BCUT2D eigenvalue weighted by Gasteiger charge is -2.05. The summed E-state index contributed by atoms with van der Waals surface area (Å²) in [5, 5.41) is 10.8. The fourth-order valence-corrected chi connectivity index (χ4v) is 2.31. The van der Waals surface area contributed by atoms with E-state index >= 15 is 0 Å². The van der Waals surface area contributed by atoms with Crippen LogP contribution in [0.3, 0.4) is 0 Å². The van der Waals surface area contributed by atoms with Crippen molar-refractivity contribution in [3.63, 3.8) is 0 Å². The number of ether oxygens (including phenoxy) is 1. The van der Waals surface area contributed by atoms with Crippen LogP contribution in [-0.2, 0) is 0 Å². The van der Waals surface area contributed by atoms with E-state index in [1.54, 1.807) is 0 Å². The normalized spacial score (nSPS) is 10.5. The van der Waals surface area contributed by atoms with E-state index in [4.69, 9.17) is 9.84 Å². The Bertz CT molecular complexity index is 757. The fourth-order valence-electron chi connectivity index (χ4n) is 1.54. The van der Waals surface area contributed by atoms with Gasteiger partial charge in [0, 0.05) is 6.20 Å². The summed E-state index contributed by atoms with van der Waals surface area (Å²) in [5.41, 5.74) is 0.853. The summed E-state index contributed by atoms with van der Waals surface area (Å²) in [7, 11) is 0. The maximum Gasteiger partial charge on any atom is 0.337 e. The molecule has 0 radical (unpaired) electrons. The van der Waals surface area contributed by atoms with Crippen LogP contribution >= 0.6 is 11.3 Å². The van der Waals surface area contributed by atoms with E-state index in [2.05, 4.69) is 15.0 Å². The minimum Gasteiger partial charge on any atom is -0.478 e. The first-order chi connectivity index (χ1) is 9.24. The maximum atomic E-state index is 10.9. The van der Waals surface area contributed by atoms with Crippen LogP contribution in [-0.4, -0.2) is 26.0 Å². The van der Waals surface area contributed by atoms with Crippen molar-refractivity contribution in [2.45, 2.75) is 0 Å². The van der Waals surface area contributed by atoms with Crippen LogP contribution in [0.15, 0.2) is 36.2 Å². The second-order valence-electron chi connectivity index (χ2n) is 3.63. The third-order valence-electron chi connectivity index (χ3n) is 2.39. The lowest BCUT2D eigenvalue weighted by molar-refractivity contribution is 0.0696. The van der Waals surface area contributed by atoms with Gasteiger partial charge in [-0.25, -0.2) is 14.8 Å². The highest BCUT2D eigenvalue weighted by molar-refractivity contribution is 7.17. The number of carboxylic acid groups (broad SMARTS) is 1. The number of hydrogen-bond acceptors (Lipinski definition) is 6. The second-order valence-corrected chi connectivity index (χ2v) is 4.55. The molecule has 0 aliphatic carbocycles. The molecule has 1 N–H and O–H groups in total. The average molecular weight is 273 g/mol. The predicted octanol–water partition coefficient (Wildman–Crippen LogP) is 2.58. The molecule has 0 saturated heterocycles. The molecule has 0 saturated carbocycles. The first kappa shape index (κ1) is 11.5. The predicted molar refractivity (Wildman–Crippen MR) is 68.7 cm³/mol. The van der Waals surface area contributed by atoms with Gasteiger partial charge in [0.1, 0.15) is 16.8 Å². The molecular weight excluding hydrogens is 266 g/mol. The fraction of sp³-hybridized carbons (Fsp3) is 0. The average Bonchev–Trinajstić information content (AvgIpc) is 2.88. The maximum absolute atomic E-state index is 10.9. The summed E-state index contributed by atoms with van der Waals surface area (Å²) in [5.74, 6) is -0.334. The van der Waals surface area contributed by atoms with E-state index < -0.39 is 5.97 Å². The lowest BCUT2D eigenvalue weighted by Crippen LogP contribution is -1.98. The molecule has 0 bridgehead atoms. The van der Waals surface area contributed by atoms with Gasteiger partial charge in [0.2, 0.25) is 5.88 Å². The van der Waals surface area contributed by atoms with Crippen LogP contribution in [0.1, 0.15) is 10.4 Å². The Kier molecular flexibility index (Phi) is 2.81. The Morgan fingerprint density at radius 2 is 2.21 bits per heavy atom. The highest BCUT2D eigenvalue weighted by Crippen LogP contribution is 2.30. The molecule has 0 spiro atoms. The van der Waals surface area contributed by atoms with Gasteiger partial charge < -0.3 is 9.84 Å². The third-order valence-corrected chi connectivity index (χ3v) is 3.28. The number of hydrogen-bond donors (Lipinski definition) is 1. The van der Waals surface area contributed by atoms with E-state index in [1.807, 2.05) is 11.4 Å². The Hall–Kier alpha value is -2.54. The van der Waals surface area contributed by atoms with Gasteiger partial charge in [-0.1, -0.05) is 0 Å². The molecule has 0 aliphatic rings. The first-order valence-electron chi connectivity index (χ1n) is 5.28. The van der Waals surface area contributed by atoms with Gasteiger partial charge in [-0.3, -0.25) is 4.98 Å². The van der Waals surface area contributed by atoms with E-state index in [1.165, 1.54) is 36.1 Å². The molecule has 0 fully saturated rings. The number of nitrogens with zero attached hydrogens (tertiary/aromatic N) is 3. The number of thiophene rings is 1. The van der Waals surface area contributed by atoms with E-state index in [9.17, 15) is 4.79 Å². The number of aromatic nitrogens is 3. The van der Waals surface area contributed by atoms with Gasteiger partial charge in [-0.05, 0) is 17.5 Å². The van der Waals surface area contributed by atoms with Crippen molar-refractivity contribution in [1.29, 1.82) is 0 Å². The Labute approximate surface area is 111 Å². The number of pyridine rings is 1. The van der Waals surface area contributed by atoms with Crippen LogP contribution in [0, 0.1) is 0 Å². The number of rotatable bonds is 3. The lowest BCUT2D eigenvalue weighted by atomic mass is 10.3. The van der Waals surface area contributed by atoms with Crippen molar-refractivity contribution in [1.82, 2.24) is 15.0 Å². The summed E-state index contributed by atoms with van der Waals surface area (Å²) >= 11 is 1.46. The van der Waals surface area contributed by atoms with Crippen molar-refractivity contribution in [2.75, 3.05) is 0 Å². The van der Waals surface area contributed by atoms with Gasteiger partial charge >= 0.3 is 5.97 Å². The third kappa shape index (κ3) is 2.23. The highest BCUT2D eigenvalue weighted by atomic mass is 32.1. The Balaban J connectivity index is 1.99. The van der Waals surface area contributed by atoms with Gasteiger partial charge in [-0.15, -0.1) is 11.3 Å². The van der Waals surface area contributed by atoms with Crippen LogP contribution in [0.2, 0.25) is 0 Å². The molecule has 7 heteroatoms. The van der Waals surface area contributed by atoms with Gasteiger partial charge in [0.05, 0.1) is 17.3 Å². The molecule has 0 unspecified atom stereocenters. The molecule has 0 atom stereocenters. The monoisotopic (exact) mass is 273 g/mol. The molecule has 0 aromatic carbocycles. The summed E-state index contributed by atoms with van der Waals surface area (Å²) in [4.78, 5) is 22.8. The van der Waals surface area contributed by atoms with Crippen molar-refractivity contribution in [2.24, 2.45) is 0 Å². The van der Waals surface area contributed by atoms with E-state index in [0.29, 0.717) is 11.6 Å². The second kappa shape index (κ2) is 4.62. The smallest absolute Gasteiger partial charge is 0.337 e. The summed E-state index contributed by atoms with van der Waals surface area (Å²) in [6, 6.07) is 3.26. The zero-order valence-electron chi connectivity index (χ0n) is 9.48. The van der Waals surface area contributed by atoms with Crippen molar-refractivity contribution < 1.29 is 14.6 Å². The topological polar surface area (TPSA) is 85.2 Å². The Morgan fingerprint density at radius 3 is 3.05 bits per heavy atom. The Morgan fingerprint density at radius 1 is 1.32 bits per heavy atom. The van der Waals surface area contributed by atoms with Crippen LogP contribution in [0.4, 0.5) is 0 Å². The summed E-state index contributed by atoms with van der Waals surface area (Å²) in [6.45, 7) is 0. The highest BCUT2D eigenvalue weighted by Gasteiger charge is 2.09. The SMILES string of the molecule is O=C(O)c1cncc(Oc2ncnc3ccsc23)c1. The van der Waals surface area contributed by atoms with E-state index in [-0.39, 0.29) is 5.56 Å². The minimum atomic E-state index is -1.05. The zero-order chi connectivity index (χ0) is 13.2. The number of aromatic carboxylic acids is 1. The van der Waals surface area contributed by atoms with Crippen LogP contribution in [0.25, 0.3) is 10.2 Å². The number of carboxylic acids is 1. The van der Waals surface area contributed by atoms with Crippen LogP contribution < -0.4 is 4.74 Å². The molecular formula is C12H7N3O3S. The first-order valence-corrected chi connectivity index (χ1v) is 6.16. The molecule has 94 valence electrons. The molecule has 3 aromatic heterocycles. The molecule has 0 amide bonds. The molecule has 6 nitrogen and oxygen atoms in total. The van der Waals surface area contributed by atoms with E-state index in [0.717, 1.165) is 10.2 Å². The molecule has 3 aromatic rings. The standard InChI is InChI=1S/C12H7N3O3S/c16-12(17)7-3-8(5-13-4-7)18-11-10-9(1-2-19-10)14-6-15-11/h1-6H,(H,16,17).